The number of benzene rings is 1. The summed E-state index contributed by atoms with van der Waals surface area (Å²) in [7, 11) is 1.22. The predicted octanol–water partition coefficient (Wildman–Crippen LogP) is 3.21. The molecule has 1 aromatic carbocycles. The van der Waals surface area contributed by atoms with Crippen molar-refractivity contribution in [2.45, 2.75) is 71.4 Å². The number of hydrogen-bond donors (Lipinski definition) is 2. The Morgan fingerprint density at radius 1 is 1.13 bits per heavy atom. The van der Waals surface area contributed by atoms with Crippen LogP contribution < -0.4 is 10.6 Å². The number of rotatable bonds is 10. The second-order valence-electron chi connectivity index (χ2n) is 7.77. The minimum Gasteiger partial charge on any atom is -0.467 e. The fraction of sp³-hybridized carbons (Fsp3) is 0.545. The second-order valence-corrected chi connectivity index (χ2v) is 7.77. The molecule has 0 saturated carbocycles. The normalized spacial score (nSPS) is 13.8. The minimum atomic E-state index is -2.82. The van der Waals surface area contributed by atoms with E-state index in [2.05, 4.69) is 10.6 Å². The third-order valence-corrected chi connectivity index (χ3v) is 3.97. The zero-order valence-corrected chi connectivity index (χ0v) is 17.9. The van der Waals surface area contributed by atoms with Gasteiger partial charge in [0.1, 0.15) is 11.6 Å². The first-order valence-corrected chi connectivity index (χ1v) is 9.75. The smallest absolute Gasteiger partial charge is 0.328 e. The number of esters is 2. The summed E-state index contributed by atoms with van der Waals surface area (Å²) in [5, 5.41) is 4.82. The number of nitrogens with one attached hydrogen (secondary N) is 2. The number of anilines is 1. The van der Waals surface area contributed by atoms with Gasteiger partial charge in [0, 0.05) is 28.6 Å². The molecule has 0 aliphatic rings. The molecule has 0 radical (unpaired) electrons. The highest BCUT2D eigenvalue weighted by Gasteiger charge is 2.22. The summed E-state index contributed by atoms with van der Waals surface area (Å²) in [5.41, 5.74) is -0.262. The Bertz CT molecular complexity index is 849. The lowest BCUT2D eigenvalue weighted by atomic mass is 10.1. The van der Waals surface area contributed by atoms with Crippen LogP contribution in [0, 0.1) is 0 Å². The van der Waals surface area contributed by atoms with E-state index in [4.69, 9.17) is 13.6 Å². The van der Waals surface area contributed by atoms with Crippen LogP contribution in [0.15, 0.2) is 24.3 Å². The van der Waals surface area contributed by atoms with Crippen molar-refractivity contribution in [3.8, 4) is 0 Å². The summed E-state index contributed by atoms with van der Waals surface area (Å²) in [6.07, 6.45) is 2.38. The van der Waals surface area contributed by atoms with E-state index in [1.807, 2.05) is 0 Å². The average Bonchev–Trinajstić information content (AvgIpc) is 2.70. The van der Waals surface area contributed by atoms with Crippen LogP contribution >= 0.6 is 0 Å². The maximum Gasteiger partial charge on any atom is 0.328 e. The monoisotopic (exact) mass is 423 g/mol. The zero-order valence-electron chi connectivity index (χ0n) is 20.9. The van der Waals surface area contributed by atoms with E-state index in [-0.39, 0.29) is 23.6 Å². The Hall–Kier alpha value is -2.90. The van der Waals surface area contributed by atoms with Crippen molar-refractivity contribution in [3.05, 3.63) is 29.8 Å². The van der Waals surface area contributed by atoms with E-state index in [9.17, 15) is 19.2 Å². The van der Waals surface area contributed by atoms with E-state index in [1.54, 1.807) is 20.8 Å². The summed E-state index contributed by atoms with van der Waals surface area (Å²) < 4.78 is 31.3. The van der Waals surface area contributed by atoms with E-state index in [0.29, 0.717) is 25.7 Å². The van der Waals surface area contributed by atoms with Gasteiger partial charge in [0.05, 0.1) is 7.11 Å². The van der Waals surface area contributed by atoms with Crippen LogP contribution in [-0.4, -0.2) is 42.5 Å². The fourth-order valence-electron chi connectivity index (χ4n) is 2.69. The van der Waals surface area contributed by atoms with E-state index >= 15 is 0 Å². The Labute approximate surface area is 181 Å². The van der Waals surface area contributed by atoms with Crippen molar-refractivity contribution < 1.29 is 32.8 Å². The summed E-state index contributed by atoms with van der Waals surface area (Å²) in [6, 6.07) is 4.81. The molecule has 0 aliphatic heterocycles. The maximum atomic E-state index is 12.6. The summed E-state index contributed by atoms with van der Waals surface area (Å²) in [5.74, 6) is -2.64. The molecule has 0 spiro atoms. The molecule has 1 atom stereocenters. The van der Waals surface area contributed by atoms with Gasteiger partial charge in [0.2, 0.25) is 5.91 Å². The molecular weight excluding hydrogens is 388 g/mol. The molecule has 2 amide bonds. The second kappa shape index (κ2) is 11.9. The largest absolute Gasteiger partial charge is 0.467 e. The first-order chi connectivity index (χ1) is 15.2. The van der Waals surface area contributed by atoms with Gasteiger partial charge in [0.15, 0.2) is 0 Å². The molecule has 8 heteroatoms. The van der Waals surface area contributed by atoms with Gasteiger partial charge in [-0.25, -0.2) is 4.79 Å². The van der Waals surface area contributed by atoms with Crippen LogP contribution in [0.1, 0.15) is 74.2 Å². The van der Waals surface area contributed by atoms with Crippen molar-refractivity contribution in [2.75, 3.05) is 12.4 Å². The molecule has 0 aromatic heterocycles. The van der Waals surface area contributed by atoms with Crippen LogP contribution in [0.3, 0.4) is 0 Å². The molecule has 0 aliphatic carbocycles. The molecule has 2 N–H and O–H groups in total. The van der Waals surface area contributed by atoms with E-state index in [1.165, 1.54) is 31.4 Å². The molecule has 8 nitrogen and oxygen atoms in total. The number of amides is 2. The van der Waals surface area contributed by atoms with Crippen LogP contribution in [0.2, 0.25) is 0 Å². The van der Waals surface area contributed by atoms with Crippen molar-refractivity contribution in [3.63, 3.8) is 0 Å². The topological polar surface area (TPSA) is 111 Å². The van der Waals surface area contributed by atoms with Crippen LogP contribution in [-0.2, 0) is 23.9 Å². The Morgan fingerprint density at radius 2 is 1.87 bits per heavy atom. The molecule has 0 saturated heterocycles. The number of ether oxygens (including phenoxy) is 2. The van der Waals surface area contributed by atoms with Gasteiger partial charge < -0.3 is 20.1 Å². The van der Waals surface area contributed by atoms with Gasteiger partial charge in [-0.1, -0.05) is 18.9 Å². The third kappa shape index (κ3) is 10.0. The first kappa shape index (κ1) is 20.4. The zero-order chi connectivity index (χ0) is 25.2. The number of carbonyl (C=O) groups is 4. The first-order valence-electron chi connectivity index (χ1n) is 11.2. The summed E-state index contributed by atoms with van der Waals surface area (Å²) >= 11 is 0. The number of unbranched alkanes of at least 4 members (excludes halogenated alkanes) is 2. The van der Waals surface area contributed by atoms with E-state index in [0.717, 1.165) is 0 Å². The third-order valence-electron chi connectivity index (χ3n) is 3.97. The van der Waals surface area contributed by atoms with Gasteiger partial charge in [0.25, 0.3) is 5.91 Å². The Morgan fingerprint density at radius 3 is 2.50 bits per heavy atom. The molecule has 0 bridgehead atoms. The molecule has 1 rings (SSSR count). The quantitative estimate of drug-likeness (QED) is 0.442. The molecule has 0 unspecified atom stereocenters. The van der Waals surface area contributed by atoms with Crippen molar-refractivity contribution in [2.24, 2.45) is 0 Å². The van der Waals surface area contributed by atoms with Gasteiger partial charge >= 0.3 is 11.9 Å². The molecule has 30 heavy (non-hydrogen) atoms. The van der Waals surface area contributed by atoms with Crippen molar-refractivity contribution >= 4 is 29.4 Å². The lowest BCUT2D eigenvalue weighted by Gasteiger charge is -2.19. The lowest BCUT2D eigenvalue weighted by molar-refractivity contribution is -0.155. The molecule has 0 fully saturated rings. The lowest BCUT2D eigenvalue weighted by Crippen LogP contribution is -2.41. The number of hydrogen-bond acceptors (Lipinski definition) is 6. The van der Waals surface area contributed by atoms with Crippen LogP contribution in [0.5, 0.6) is 0 Å². The van der Waals surface area contributed by atoms with Gasteiger partial charge in [-0.05, 0) is 51.8 Å². The molecule has 0 heterocycles. The van der Waals surface area contributed by atoms with Crippen LogP contribution in [0.4, 0.5) is 5.69 Å². The highest BCUT2D eigenvalue weighted by molar-refractivity contribution is 5.98. The summed E-state index contributed by atoms with van der Waals surface area (Å²) in [6.45, 7) is 2.57. The fourth-order valence-corrected chi connectivity index (χ4v) is 2.69. The molecule has 1 aromatic rings. The highest BCUT2D eigenvalue weighted by atomic mass is 16.6. The highest BCUT2D eigenvalue weighted by Crippen LogP contribution is 2.14. The number of methoxy groups -OCH3 is 1. The van der Waals surface area contributed by atoms with E-state index < -0.39 is 36.3 Å². The van der Waals surface area contributed by atoms with Gasteiger partial charge in [-0.15, -0.1) is 0 Å². The van der Waals surface area contributed by atoms with Crippen molar-refractivity contribution in [1.82, 2.24) is 5.32 Å². The standard InChI is InChI=1S/C22H32N2O6/c1-15(25)23-17-11-9-10-16(14-17)20(27)24-18(21(28)29-5)12-7-6-8-13-19(26)30-22(2,3)4/h9-11,14,18H,6-8,12-13H2,1-5H3,(H,23,25)(H,24,27)/t18-/m1/s1/i1D3. The number of carbonyl (C=O) groups excluding carboxylic acids is 4. The Balaban J connectivity index is 2.64. The summed E-state index contributed by atoms with van der Waals surface area (Å²) in [4.78, 5) is 48.1. The maximum absolute atomic E-state index is 12.6. The van der Waals surface area contributed by atoms with Gasteiger partial charge in [-0.2, -0.15) is 0 Å². The Kier molecular flexibility index (Phi) is 8.11. The SMILES string of the molecule is [2H]C([2H])([2H])C(=O)Nc1cccc(C(=O)N[C@H](CCCCCC(=O)OC(C)(C)C)C(=O)OC)c1. The molecular formula is C22H32N2O6. The molecule has 166 valence electrons. The average molecular weight is 424 g/mol. The van der Waals surface area contributed by atoms with Crippen LogP contribution in [0.25, 0.3) is 0 Å². The van der Waals surface area contributed by atoms with Crippen molar-refractivity contribution in [1.29, 1.82) is 0 Å². The predicted molar refractivity (Wildman–Crippen MR) is 113 cm³/mol. The minimum absolute atomic E-state index is 0.136. The van der Waals surface area contributed by atoms with Gasteiger partial charge in [-0.3, -0.25) is 14.4 Å².